The highest BCUT2D eigenvalue weighted by Gasteiger charge is 2.43. The summed E-state index contributed by atoms with van der Waals surface area (Å²) in [6, 6.07) is 26.6. The molecule has 1 aliphatic carbocycles. The molecule has 0 aliphatic heterocycles. The van der Waals surface area contributed by atoms with Crippen molar-refractivity contribution in [3.8, 4) is 11.1 Å². The summed E-state index contributed by atoms with van der Waals surface area (Å²) in [6.45, 7) is 0.457. The number of hydrogen-bond donors (Lipinski definition) is 1. The number of halogens is 1. The Morgan fingerprint density at radius 2 is 1.48 bits per heavy atom. The van der Waals surface area contributed by atoms with Gasteiger partial charge in [-0.2, -0.15) is 0 Å². The van der Waals surface area contributed by atoms with Gasteiger partial charge in [-0.1, -0.05) is 95.9 Å². The van der Waals surface area contributed by atoms with Crippen molar-refractivity contribution in [2.75, 3.05) is 13.4 Å². The number of aliphatic hydroxyl groups is 1. The van der Waals surface area contributed by atoms with E-state index in [0.717, 1.165) is 36.6 Å². The van der Waals surface area contributed by atoms with Crippen molar-refractivity contribution < 1.29 is 9.84 Å². The Bertz CT molecular complexity index is 954. The Morgan fingerprint density at radius 1 is 0.759 bits per heavy atom. The number of ether oxygens (including phenoxy) is 1. The van der Waals surface area contributed by atoms with Crippen LogP contribution >= 0.6 is 15.9 Å². The van der Waals surface area contributed by atoms with Crippen LogP contribution in [0.4, 0.5) is 0 Å². The molecule has 1 N–H and O–H groups in total. The predicted octanol–water partition coefficient (Wildman–Crippen LogP) is 6.68. The second-order valence-corrected chi connectivity index (χ2v) is 8.62. The van der Waals surface area contributed by atoms with Crippen molar-refractivity contribution in [1.29, 1.82) is 0 Å². The van der Waals surface area contributed by atoms with Gasteiger partial charge in [-0.15, -0.1) is 0 Å². The van der Waals surface area contributed by atoms with E-state index < -0.39 is 0 Å². The average Bonchev–Trinajstić information content (AvgIpc) is 3.04. The molecule has 4 rings (SSSR count). The zero-order valence-corrected chi connectivity index (χ0v) is 18.2. The Labute approximate surface area is 181 Å². The molecule has 0 spiro atoms. The summed E-state index contributed by atoms with van der Waals surface area (Å²) in [6.07, 6.45) is 5.51. The van der Waals surface area contributed by atoms with E-state index in [1.165, 1.54) is 27.8 Å². The summed E-state index contributed by atoms with van der Waals surface area (Å²) in [5.41, 5.74) is 6.79. The molecule has 0 saturated carbocycles. The highest BCUT2D eigenvalue weighted by Crippen LogP contribution is 2.55. The van der Waals surface area contributed by atoms with Crippen LogP contribution < -0.4 is 0 Å². The summed E-state index contributed by atoms with van der Waals surface area (Å²) < 4.78 is 6.19. The molecule has 1 unspecified atom stereocenters. The zero-order chi connectivity index (χ0) is 20.1. The smallest absolute Gasteiger partial charge is 0.143 e. The minimum absolute atomic E-state index is 0.113. The normalized spacial score (nSPS) is 17.2. The number of hydrogen-bond acceptors (Lipinski definition) is 2. The lowest BCUT2D eigenvalue weighted by molar-refractivity contribution is -0.00285. The third-order valence-electron chi connectivity index (χ3n) is 6.07. The zero-order valence-electron chi connectivity index (χ0n) is 16.6. The summed E-state index contributed by atoms with van der Waals surface area (Å²) in [4.78, 5) is 0. The Kier molecular flexibility index (Phi) is 6.49. The lowest BCUT2D eigenvalue weighted by Gasteiger charge is -2.33. The van der Waals surface area contributed by atoms with Gasteiger partial charge in [0.1, 0.15) is 6.79 Å². The molecule has 1 aliphatic rings. The highest BCUT2D eigenvalue weighted by molar-refractivity contribution is 9.10. The van der Waals surface area contributed by atoms with Gasteiger partial charge < -0.3 is 9.84 Å². The second kappa shape index (κ2) is 9.25. The number of benzene rings is 3. The van der Waals surface area contributed by atoms with Crippen LogP contribution in [0.25, 0.3) is 11.1 Å². The molecule has 29 heavy (non-hydrogen) atoms. The summed E-state index contributed by atoms with van der Waals surface area (Å²) >= 11 is 3.72. The van der Waals surface area contributed by atoms with E-state index in [2.05, 4.69) is 88.7 Å². The molecule has 0 amide bonds. The molecule has 0 saturated heterocycles. The van der Waals surface area contributed by atoms with Crippen molar-refractivity contribution in [2.24, 2.45) is 0 Å². The molecular formula is C26H27BrO2. The average molecular weight is 451 g/mol. The molecule has 3 aromatic carbocycles. The SMILES string of the molecule is OCOCCCCCCC1(c2ccccc2)c2ccccc2-c2ccc(Br)cc21. The Morgan fingerprint density at radius 3 is 2.31 bits per heavy atom. The minimum atomic E-state index is -0.181. The summed E-state index contributed by atoms with van der Waals surface area (Å²) in [5, 5.41) is 8.75. The largest absolute Gasteiger partial charge is 0.371 e. The minimum Gasteiger partial charge on any atom is -0.371 e. The maximum atomic E-state index is 8.75. The van der Waals surface area contributed by atoms with Gasteiger partial charge in [0.2, 0.25) is 0 Å². The van der Waals surface area contributed by atoms with Gasteiger partial charge in [0.05, 0.1) is 0 Å². The van der Waals surface area contributed by atoms with Gasteiger partial charge in [0, 0.05) is 16.5 Å². The molecular weight excluding hydrogens is 424 g/mol. The first-order chi connectivity index (χ1) is 14.3. The molecule has 0 aromatic heterocycles. The first kappa shape index (κ1) is 20.3. The molecule has 150 valence electrons. The van der Waals surface area contributed by atoms with Crippen LogP contribution in [0.1, 0.15) is 48.8 Å². The Hall–Kier alpha value is -1.94. The highest BCUT2D eigenvalue weighted by atomic mass is 79.9. The Balaban J connectivity index is 1.71. The summed E-state index contributed by atoms with van der Waals surface area (Å²) in [5.74, 6) is 0. The molecule has 2 nitrogen and oxygen atoms in total. The molecule has 0 heterocycles. The summed E-state index contributed by atoms with van der Waals surface area (Å²) in [7, 11) is 0. The quantitative estimate of drug-likeness (QED) is 0.291. The van der Waals surface area contributed by atoms with Crippen LogP contribution in [0.5, 0.6) is 0 Å². The van der Waals surface area contributed by atoms with Crippen LogP contribution in [0.2, 0.25) is 0 Å². The number of unbranched alkanes of at least 4 members (excludes halogenated alkanes) is 3. The second-order valence-electron chi connectivity index (χ2n) is 7.71. The van der Waals surface area contributed by atoms with E-state index in [0.29, 0.717) is 6.61 Å². The molecule has 3 heteroatoms. The van der Waals surface area contributed by atoms with Gasteiger partial charge in [-0.3, -0.25) is 0 Å². The van der Waals surface area contributed by atoms with Crippen molar-refractivity contribution in [1.82, 2.24) is 0 Å². The molecule has 0 bridgehead atoms. The fourth-order valence-corrected chi connectivity index (χ4v) is 5.16. The van der Waals surface area contributed by atoms with Crippen LogP contribution in [0, 0.1) is 0 Å². The molecule has 1 atom stereocenters. The van der Waals surface area contributed by atoms with E-state index in [1.807, 2.05) is 0 Å². The number of fused-ring (bicyclic) bond motifs is 3. The van der Waals surface area contributed by atoms with Crippen LogP contribution in [0.3, 0.4) is 0 Å². The van der Waals surface area contributed by atoms with Crippen molar-refractivity contribution >= 4 is 15.9 Å². The predicted molar refractivity (Wildman–Crippen MR) is 122 cm³/mol. The van der Waals surface area contributed by atoms with E-state index in [1.54, 1.807) is 0 Å². The molecule has 0 fully saturated rings. The van der Waals surface area contributed by atoms with E-state index in [9.17, 15) is 0 Å². The fourth-order valence-electron chi connectivity index (χ4n) is 4.80. The van der Waals surface area contributed by atoms with E-state index in [-0.39, 0.29) is 12.2 Å². The maximum Gasteiger partial charge on any atom is 0.143 e. The first-order valence-electron chi connectivity index (χ1n) is 10.4. The van der Waals surface area contributed by atoms with Gasteiger partial charge in [0.25, 0.3) is 0 Å². The van der Waals surface area contributed by atoms with Crippen LogP contribution in [-0.4, -0.2) is 18.5 Å². The number of aliphatic hydroxyl groups excluding tert-OH is 1. The van der Waals surface area contributed by atoms with E-state index >= 15 is 0 Å². The first-order valence-corrected chi connectivity index (χ1v) is 11.2. The van der Waals surface area contributed by atoms with Gasteiger partial charge >= 0.3 is 0 Å². The van der Waals surface area contributed by atoms with E-state index in [4.69, 9.17) is 9.84 Å². The van der Waals surface area contributed by atoms with Crippen molar-refractivity contribution in [2.45, 2.75) is 37.5 Å². The van der Waals surface area contributed by atoms with Gasteiger partial charge in [0.15, 0.2) is 0 Å². The van der Waals surface area contributed by atoms with Crippen molar-refractivity contribution in [3.05, 3.63) is 94.0 Å². The fraction of sp³-hybridized carbons (Fsp3) is 0.308. The van der Waals surface area contributed by atoms with Crippen LogP contribution in [-0.2, 0) is 10.2 Å². The maximum absolute atomic E-state index is 8.75. The van der Waals surface area contributed by atoms with Gasteiger partial charge in [-0.25, -0.2) is 0 Å². The number of rotatable bonds is 9. The lowest BCUT2D eigenvalue weighted by Crippen LogP contribution is -2.27. The third kappa shape index (κ3) is 3.92. The lowest BCUT2D eigenvalue weighted by atomic mass is 9.69. The standard InChI is InChI=1S/C26H27BrO2/c27-21-14-15-23-22-12-6-7-13-24(22)26(25(23)18-21,20-10-4-3-5-11-20)16-8-1-2-9-17-29-19-28/h3-7,10-15,18,28H,1-2,8-9,16-17,19H2. The topological polar surface area (TPSA) is 29.5 Å². The molecule has 0 radical (unpaired) electrons. The van der Waals surface area contributed by atoms with Crippen molar-refractivity contribution in [3.63, 3.8) is 0 Å². The monoisotopic (exact) mass is 450 g/mol. The third-order valence-corrected chi connectivity index (χ3v) is 6.56. The molecule has 3 aromatic rings. The van der Waals surface area contributed by atoms with Crippen LogP contribution in [0.15, 0.2) is 77.3 Å². The van der Waals surface area contributed by atoms with Gasteiger partial charge in [-0.05, 0) is 52.8 Å².